The molecule has 0 radical (unpaired) electrons. The number of unbranched alkanes of at least 4 members (excludes halogenated alkanes) is 4. The Morgan fingerprint density at radius 2 is 1.53 bits per heavy atom. The van der Waals surface area contributed by atoms with E-state index in [0.29, 0.717) is 82.0 Å². The fraction of sp³-hybridized carbons (Fsp3) is 0.603. The molecule has 2 aromatic heterocycles. The summed E-state index contributed by atoms with van der Waals surface area (Å²) in [6, 6.07) is 11.3. The summed E-state index contributed by atoms with van der Waals surface area (Å²) < 4.78 is 29.8. The molecule has 0 spiro atoms. The van der Waals surface area contributed by atoms with Crippen LogP contribution in [0.4, 0.5) is 4.79 Å². The van der Waals surface area contributed by atoms with E-state index in [0.717, 1.165) is 53.8 Å². The third-order valence-corrected chi connectivity index (χ3v) is 16.0. The predicted octanol–water partition coefficient (Wildman–Crippen LogP) is 4.85. The molecule has 0 unspecified atom stereocenters. The van der Waals surface area contributed by atoms with Gasteiger partial charge in [0.15, 0.2) is 0 Å². The molecule has 26 heteroatoms. The predicted molar refractivity (Wildman–Crippen MR) is 331 cm³/mol. The molecule has 2 aromatic carbocycles. The second-order valence-electron chi connectivity index (χ2n) is 24.0. The molecule has 4 aromatic rings. The fourth-order valence-corrected chi connectivity index (χ4v) is 11.0. The molecule has 6 atom stereocenters. The number of benzene rings is 2. The van der Waals surface area contributed by atoms with Crippen molar-refractivity contribution in [3.05, 3.63) is 82.8 Å². The molecular weight excluding hydrogens is 1170 g/mol. The molecule has 6 rings (SSSR count). The van der Waals surface area contributed by atoms with Crippen LogP contribution >= 0.6 is 11.3 Å². The van der Waals surface area contributed by atoms with Crippen molar-refractivity contribution >= 4 is 59.2 Å². The number of ether oxygens (including phenoxy) is 5. The molecule has 2 aliphatic heterocycles. The number of thiazole rings is 1. The summed E-state index contributed by atoms with van der Waals surface area (Å²) in [7, 11) is 0. The first kappa shape index (κ1) is 70.7. The van der Waals surface area contributed by atoms with Gasteiger partial charge in [-0.1, -0.05) is 95.5 Å². The maximum atomic E-state index is 14.0. The lowest BCUT2D eigenvalue weighted by Gasteiger charge is -2.35. The van der Waals surface area contributed by atoms with E-state index in [4.69, 9.17) is 23.7 Å². The molecule has 25 nitrogen and oxygen atoms in total. The van der Waals surface area contributed by atoms with Crippen LogP contribution in [0.5, 0.6) is 5.75 Å². The summed E-state index contributed by atoms with van der Waals surface area (Å²) in [5.74, 6) is -1.57. The van der Waals surface area contributed by atoms with Crippen LogP contribution < -0.4 is 36.6 Å². The molecule has 4 heterocycles. The number of aliphatic hydroxyl groups excluding tert-OH is 1. The number of β-amino-alcohol motifs (C(OH)–C–C–N with tert-alkyl or cyclic N) is 1. The minimum absolute atomic E-state index is 0.00800. The number of likely N-dealkylation sites (tertiary alicyclic amines) is 1. The number of carbonyl (C=O) groups is 8. The Bertz CT molecular complexity index is 2880. The monoisotopic (exact) mass is 1260 g/mol. The molecule has 7 amide bonds. The zero-order valence-corrected chi connectivity index (χ0v) is 53.1. The van der Waals surface area contributed by atoms with Gasteiger partial charge in [0.1, 0.15) is 49.1 Å². The summed E-state index contributed by atoms with van der Waals surface area (Å²) in [4.78, 5) is 109. The Labute approximate surface area is 525 Å². The second-order valence-corrected chi connectivity index (χ2v) is 24.8. The van der Waals surface area contributed by atoms with Crippen LogP contribution in [0.15, 0.2) is 60.2 Å². The number of nitrogens with zero attached hydrogens (tertiary/aromatic N) is 5. The maximum Gasteiger partial charge on any atom is 0.408 e. The third kappa shape index (κ3) is 24.8. The number of aldehydes is 1. The highest BCUT2D eigenvalue weighted by atomic mass is 32.1. The second kappa shape index (κ2) is 36.9. The molecule has 0 bridgehead atoms. The standard InChI is InChI=1S/C63H91N11O14S/c1-42(2)32-52(59(80)68-48(38-75)33-47-21-23-65-58(47)79)69-62(83)88-39-45-15-19-51(20-16-45)87-40-49-36-73(72-71-49)25-11-9-7-8-10-12-54(77)64-24-27-85-29-31-86-30-28-84-26-22-55(78)70-57(63(4,5)6)61(82)74-37-50(76)34-53(74)60(81)66-35-44-13-17-46(18-14-44)56-43(3)67-41-89-56/h13-20,36,38,41-42,47-48,50,52-53,57,76H,7-12,21-35,37,39-40H2,1-6H3,(H,64,77)(H,65,79)(H,66,81)(H,68,80)(H,69,83)(H,70,78)/t47-,48-,50+,52-,53-,57+/m0/s1. The van der Waals surface area contributed by atoms with Crippen molar-refractivity contribution in [2.45, 2.75) is 169 Å². The quantitative estimate of drug-likeness (QED) is 0.0232. The first-order valence-electron chi connectivity index (χ1n) is 30.9. The summed E-state index contributed by atoms with van der Waals surface area (Å²) >= 11 is 1.57. The van der Waals surface area contributed by atoms with Gasteiger partial charge in [-0.25, -0.2) is 9.78 Å². The summed E-state index contributed by atoms with van der Waals surface area (Å²) in [5, 5.41) is 35.7. The number of aryl methyl sites for hydroxylation is 2. The Kier molecular flexibility index (Phi) is 29.3. The van der Waals surface area contributed by atoms with Gasteiger partial charge in [-0.05, 0) is 79.2 Å². The van der Waals surface area contributed by atoms with Crippen LogP contribution in [0, 0.1) is 24.2 Å². The van der Waals surface area contributed by atoms with Crippen molar-refractivity contribution in [1.82, 2.24) is 56.8 Å². The Balaban J connectivity index is 0.725. The molecule has 2 fully saturated rings. The van der Waals surface area contributed by atoms with E-state index in [-0.39, 0.29) is 101 Å². The molecule has 0 aliphatic carbocycles. The molecule has 7 N–H and O–H groups in total. The highest BCUT2D eigenvalue weighted by molar-refractivity contribution is 7.13. The van der Waals surface area contributed by atoms with Gasteiger partial charge in [-0.15, -0.1) is 16.4 Å². The number of carbonyl (C=O) groups excluding carboxylic acids is 8. The zero-order chi connectivity index (χ0) is 64.1. The lowest BCUT2D eigenvalue weighted by molar-refractivity contribution is -0.144. The minimum Gasteiger partial charge on any atom is -0.487 e. The van der Waals surface area contributed by atoms with Crippen molar-refractivity contribution in [3.8, 4) is 16.2 Å². The van der Waals surface area contributed by atoms with E-state index in [1.807, 2.05) is 72.0 Å². The van der Waals surface area contributed by atoms with Crippen LogP contribution in [0.2, 0.25) is 0 Å². The number of aliphatic hydroxyl groups is 1. The van der Waals surface area contributed by atoms with Crippen molar-refractivity contribution in [2.75, 3.05) is 59.3 Å². The van der Waals surface area contributed by atoms with Crippen LogP contribution in [0.3, 0.4) is 0 Å². The minimum atomic E-state index is -0.946. The summed E-state index contributed by atoms with van der Waals surface area (Å²) in [5.41, 5.74) is 5.37. The van der Waals surface area contributed by atoms with Gasteiger partial charge in [-0.2, -0.15) is 0 Å². The highest BCUT2D eigenvalue weighted by Crippen LogP contribution is 2.29. The van der Waals surface area contributed by atoms with Gasteiger partial charge in [0.25, 0.3) is 0 Å². The van der Waals surface area contributed by atoms with Gasteiger partial charge in [0.2, 0.25) is 35.4 Å². The van der Waals surface area contributed by atoms with E-state index < -0.39 is 53.6 Å². The zero-order valence-electron chi connectivity index (χ0n) is 52.3. The summed E-state index contributed by atoms with van der Waals surface area (Å²) in [6.07, 6.45) is 7.04. The van der Waals surface area contributed by atoms with Crippen LogP contribution in [0.25, 0.3) is 10.4 Å². The largest absolute Gasteiger partial charge is 0.487 e. The SMILES string of the molecule is Cc1ncsc1-c1ccc(CNC(=O)[C@@H]2C[C@@H](O)CN2C(=O)[C@@H](NC(=O)CCOCCOCCOCCNC(=O)CCCCCCCn2cc(COc3ccc(COC(=O)N[C@@H](CC(C)C)C(=O)N[C@H](C=O)C[C@@H]4CCNC4=O)cc3)nn2)C(C)(C)C)cc1. The van der Waals surface area contributed by atoms with Crippen molar-refractivity contribution in [1.29, 1.82) is 0 Å². The van der Waals surface area contributed by atoms with E-state index >= 15 is 0 Å². The average Bonchev–Trinajstić information content (AvgIpc) is 1.93. The average molecular weight is 1260 g/mol. The molecule has 0 saturated carbocycles. The molecule has 2 aliphatic rings. The number of hydrogen-bond donors (Lipinski definition) is 7. The Morgan fingerprint density at radius 3 is 2.20 bits per heavy atom. The van der Waals surface area contributed by atoms with E-state index in [9.17, 15) is 43.5 Å². The number of amides is 7. The Hall–Kier alpha value is -7.39. The van der Waals surface area contributed by atoms with Crippen LogP contribution in [0.1, 0.15) is 128 Å². The van der Waals surface area contributed by atoms with Gasteiger partial charge >= 0.3 is 6.09 Å². The first-order valence-corrected chi connectivity index (χ1v) is 31.8. The van der Waals surface area contributed by atoms with Crippen molar-refractivity contribution < 1.29 is 67.1 Å². The fourth-order valence-electron chi connectivity index (χ4n) is 10.2. The third-order valence-electron chi connectivity index (χ3n) is 15.1. The number of aromatic nitrogens is 4. The highest BCUT2D eigenvalue weighted by Gasteiger charge is 2.44. The normalized spacial score (nSPS) is 16.7. The maximum absolute atomic E-state index is 14.0. The molecule has 2 saturated heterocycles. The Morgan fingerprint density at radius 1 is 0.831 bits per heavy atom. The van der Waals surface area contributed by atoms with Gasteiger partial charge in [0, 0.05) is 57.9 Å². The van der Waals surface area contributed by atoms with Crippen LogP contribution in [-0.4, -0.2) is 167 Å². The van der Waals surface area contributed by atoms with Gasteiger partial charge < -0.3 is 70.4 Å². The first-order chi connectivity index (χ1) is 42.8. The lowest BCUT2D eigenvalue weighted by atomic mass is 9.85. The molecular formula is C63H91N11O14S. The smallest absolute Gasteiger partial charge is 0.408 e. The van der Waals surface area contributed by atoms with E-state index in [1.165, 1.54) is 4.90 Å². The van der Waals surface area contributed by atoms with E-state index in [2.05, 4.69) is 47.2 Å². The van der Waals surface area contributed by atoms with Gasteiger partial charge in [0.05, 0.1) is 74.1 Å². The van der Waals surface area contributed by atoms with Crippen LogP contribution in [-0.2, 0) is 78.8 Å². The number of nitrogens with one attached hydrogen (secondary N) is 6. The lowest BCUT2D eigenvalue weighted by Crippen LogP contribution is -2.57. The molecule has 89 heavy (non-hydrogen) atoms. The topological polar surface area (TPSA) is 322 Å². The van der Waals surface area contributed by atoms with Gasteiger partial charge in [-0.3, -0.25) is 33.4 Å². The number of alkyl carbamates (subject to hydrolysis) is 1. The number of rotatable bonds is 39. The number of hydrogen-bond acceptors (Lipinski definition) is 18. The van der Waals surface area contributed by atoms with E-state index in [1.54, 1.807) is 45.8 Å². The molecule has 488 valence electrons. The summed E-state index contributed by atoms with van der Waals surface area (Å²) in [6.45, 7) is 15.0. The van der Waals surface area contributed by atoms with Crippen molar-refractivity contribution in [2.24, 2.45) is 17.3 Å². The van der Waals surface area contributed by atoms with Crippen molar-refractivity contribution in [3.63, 3.8) is 0 Å².